The molecule has 0 heterocycles. The van der Waals surface area contributed by atoms with Crippen LogP contribution in [0.3, 0.4) is 0 Å². The molecule has 0 aliphatic heterocycles. The standard InChI is InChI=1S/C5H11OP/c1-5(2,3)4(6)7/h7H2,1-3H3. The fourth-order valence-electron chi connectivity index (χ4n) is 0. The zero-order valence-electron chi connectivity index (χ0n) is 4.99. The Balaban J connectivity index is 3.79. The van der Waals surface area contributed by atoms with Gasteiger partial charge in [-0.15, -0.1) is 0 Å². The Bertz CT molecular complexity index is 80.6. The summed E-state index contributed by atoms with van der Waals surface area (Å²) in [6.45, 7) is 5.67. The van der Waals surface area contributed by atoms with Crippen LogP contribution in [0, 0.1) is 5.41 Å². The second-order valence-corrected chi connectivity index (χ2v) is 3.14. The minimum atomic E-state index is -0.176. The van der Waals surface area contributed by atoms with Gasteiger partial charge in [-0.1, -0.05) is 30.0 Å². The van der Waals surface area contributed by atoms with Gasteiger partial charge < -0.3 is 0 Å². The van der Waals surface area contributed by atoms with Gasteiger partial charge in [-0.2, -0.15) is 0 Å². The first-order chi connectivity index (χ1) is 2.94. The van der Waals surface area contributed by atoms with Crippen LogP contribution in [0.25, 0.3) is 0 Å². The van der Waals surface area contributed by atoms with Crippen molar-refractivity contribution in [2.45, 2.75) is 20.8 Å². The van der Waals surface area contributed by atoms with E-state index in [1.54, 1.807) is 0 Å². The summed E-state index contributed by atoms with van der Waals surface area (Å²) in [4.78, 5) is 10.4. The van der Waals surface area contributed by atoms with Gasteiger partial charge >= 0.3 is 0 Å². The molecular weight excluding hydrogens is 107 g/mol. The highest BCUT2D eigenvalue weighted by Gasteiger charge is 2.14. The van der Waals surface area contributed by atoms with Crippen molar-refractivity contribution in [1.29, 1.82) is 0 Å². The van der Waals surface area contributed by atoms with Crippen LogP contribution < -0.4 is 0 Å². The highest BCUT2D eigenvalue weighted by atomic mass is 31.0. The van der Waals surface area contributed by atoms with Gasteiger partial charge in [-0.05, 0) is 0 Å². The second kappa shape index (κ2) is 1.92. The molecule has 0 aromatic rings. The second-order valence-electron chi connectivity index (χ2n) is 2.61. The van der Waals surface area contributed by atoms with E-state index in [9.17, 15) is 4.79 Å². The predicted octanol–water partition coefficient (Wildman–Crippen LogP) is 1.43. The molecule has 7 heavy (non-hydrogen) atoms. The van der Waals surface area contributed by atoms with E-state index in [4.69, 9.17) is 0 Å². The van der Waals surface area contributed by atoms with Crippen LogP contribution in [-0.2, 0) is 4.79 Å². The van der Waals surface area contributed by atoms with E-state index in [1.165, 1.54) is 0 Å². The molecule has 0 aromatic carbocycles. The number of carbonyl (C=O) groups is 1. The van der Waals surface area contributed by atoms with Crippen LogP contribution in [0.2, 0.25) is 0 Å². The molecule has 0 aliphatic carbocycles. The molecular formula is C5H11OP. The van der Waals surface area contributed by atoms with Crippen molar-refractivity contribution in [3.63, 3.8) is 0 Å². The van der Waals surface area contributed by atoms with Crippen molar-refractivity contribution in [1.82, 2.24) is 0 Å². The number of hydrogen-bond donors (Lipinski definition) is 0. The lowest BCUT2D eigenvalue weighted by molar-refractivity contribution is -0.117. The fourth-order valence-corrected chi connectivity index (χ4v) is 0. The van der Waals surface area contributed by atoms with Crippen LogP contribution in [-0.4, -0.2) is 5.52 Å². The molecule has 0 aromatic heterocycles. The van der Waals surface area contributed by atoms with Crippen LogP contribution in [0.5, 0.6) is 0 Å². The van der Waals surface area contributed by atoms with E-state index in [1.807, 2.05) is 20.8 Å². The van der Waals surface area contributed by atoms with Crippen molar-refractivity contribution in [2.75, 3.05) is 0 Å². The SMILES string of the molecule is CC(C)(C)C(=O)P. The van der Waals surface area contributed by atoms with Crippen molar-refractivity contribution in [2.24, 2.45) is 5.41 Å². The Kier molecular flexibility index (Phi) is 1.94. The Labute approximate surface area is 46.7 Å². The van der Waals surface area contributed by atoms with Gasteiger partial charge in [0, 0.05) is 5.41 Å². The van der Waals surface area contributed by atoms with E-state index < -0.39 is 0 Å². The smallest absolute Gasteiger partial charge is 0.153 e. The summed E-state index contributed by atoms with van der Waals surface area (Å²) in [7, 11) is 2.16. The zero-order chi connectivity index (χ0) is 6.08. The molecule has 0 radical (unpaired) electrons. The Morgan fingerprint density at radius 1 is 1.43 bits per heavy atom. The molecule has 2 heteroatoms. The highest BCUT2D eigenvalue weighted by Crippen LogP contribution is 2.17. The van der Waals surface area contributed by atoms with Gasteiger partial charge in [0.25, 0.3) is 0 Å². The van der Waals surface area contributed by atoms with Crippen LogP contribution >= 0.6 is 9.24 Å². The summed E-state index contributed by atoms with van der Waals surface area (Å²) < 4.78 is 0. The largest absolute Gasteiger partial charge is 0.295 e. The molecule has 1 atom stereocenters. The molecule has 0 fully saturated rings. The fraction of sp³-hybridized carbons (Fsp3) is 0.800. The average Bonchev–Trinajstić information content (AvgIpc) is 1.31. The molecule has 0 rings (SSSR count). The van der Waals surface area contributed by atoms with Crippen LogP contribution in [0.15, 0.2) is 0 Å². The Morgan fingerprint density at radius 3 is 1.57 bits per heavy atom. The normalized spacial score (nSPS) is 11.4. The Hall–Kier alpha value is 0.100. The van der Waals surface area contributed by atoms with E-state index in [-0.39, 0.29) is 10.9 Å². The van der Waals surface area contributed by atoms with E-state index in [0.717, 1.165) is 0 Å². The predicted molar refractivity (Wildman–Crippen MR) is 34.2 cm³/mol. The summed E-state index contributed by atoms with van der Waals surface area (Å²) in [6.07, 6.45) is 0. The zero-order valence-corrected chi connectivity index (χ0v) is 6.14. The van der Waals surface area contributed by atoms with Gasteiger partial charge in [0.05, 0.1) is 0 Å². The molecule has 1 nitrogen and oxygen atoms in total. The molecule has 0 spiro atoms. The lowest BCUT2D eigenvalue weighted by Gasteiger charge is -2.11. The number of hydrogen-bond acceptors (Lipinski definition) is 1. The summed E-state index contributed by atoms with van der Waals surface area (Å²) in [5.74, 6) is 0. The highest BCUT2D eigenvalue weighted by molar-refractivity contribution is 7.40. The quantitative estimate of drug-likeness (QED) is 0.440. The molecule has 42 valence electrons. The average molecular weight is 118 g/mol. The molecule has 1 unspecified atom stereocenters. The van der Waals surface area contributed by atoms with Crippen molar-refractivity contribution >= 4 is 14.8 Å². The van der Waals surface area contributed by atoms with E-state index >= 15 is 0 Å². The first kappa shape index (κ1) is 7.10. The molecule has 0 saturated carbocycles. The van der Waals surface area contributed by atoms with Crippen LogP contribution in [0.1, 0.15) is 20.8 Å². The maximum Gasteiger partial charge on any atom is 0.153 e. The lowest BCUT2D eigenvalue weighted by atomic mass is 10.00. The van der Waals surface area contributed by atoms with Crippen LogP contribution in [0.4, 0.5) is 0 Å². The first-order valence-corrected chi connectivity index (χ1v) is 2.82. The van der Waals surface area contributed by atoms with Gasteiger partial charge in [-0.25, -0.2) is 0 Å². The van der Waals surface area contributed by atoms with Gasteiger partial charge in [0.1, 0.15) is 0 Å². The monoisotopic (exact) mass is 118 g/mol. The third-order valence-corrected chi connectivity index (χ3v) is 1.61. The maximum absolute atomic E-state index is 10.4. The van der Waals surface area contributed by atoms with Crippen molar-refractivity contribution in [3.05, 3.63) is 0 Å². The minimum absolute atomic E-state index is 0.160. The summed E-state index contributed by atoms with van der Waals surface area (Å²) >= 11 is 0. The lowest BCUT2D eigenvalue weighted by Crippen LogP contribution is -2.12. The minimum Gasteiger partial charge on any atom is -0.295 e. The third-order valence-electron chi connectivity index (χ3n) is 0.739. The number of carbonyl (C=O) groups excluding carboxylic acids is 1. The summed E-state index contributed by atoms with van der Waals surface area (Å²) in [5, 5.41) is 0. The molecule has 0 aliphatic rings. The summed E-state index contributed by atoms with van der Waals surface area (Å²) in [6, 6.07) is 0. The maximum atomic E-state index is 10.4. The third kappa shape index (κ3) is 2.76. The Morgan fingerprint density at radius 2 is 1.57 bits per heavy atom. The molecule has 0 saturated heterocycles. The molecule has 0 N–H and O–H groups in total. The van der Waals surface area contributed by atoms with Gasteiger partial charge in [0.2, 0.25) is 0 Å². The molecule has 0 amide bonds. The first-order valence-electron chi connectivity index (χ1n) is 2.24. The summed E-state index contributed by atoms with van der Waals surface area (Å²) in [5.41, 5.74) is -0.0162. The topological polar surface area (TPSA) is 17.1 Å². The van der Waals surface area contributed by atoms with Gasteiger partial charge in [-0.3, -0.25) is 4.79 Å². The van der Waals surface area contributed by atoms with Gasteiger partial charge in [0.15, 0.2) is 5.52 Å². The van der Waals surface area contributed by atoms with Crippen molar-refractivity contribution < 1.29 is 4.79 Å². The van der Waals surface area contributed by atoms with E-state index in [0.29, 0.717) is 0 Å². The number of rotatable bonds is 0. The van der Waals surface area contributed by atoms with E-state index in [2.05, 4.69) is 9.24 Å². The van der Waals surface area contributed by atoms with Crippen molar-refractivity contribution in [3.8, 4) is 0 Å². The molecule has 0 bridgehead atoms.